The second-order valence-electron chi connectivity index (χ2n) is 6.44. The van der Waals surface area contributed by atoms with Crippen LogP contribution in [0.25, 0.3) is 28.3 Å². The molecular formula is C21H14ClN5O. The van der Waals surface area contributed by atoms with Gasteiger partial charge in [0.15, 0.2) is 0 Å². The van der Waals surface area contributed by atoms with Gasteiger partial charge in [0, 0.05) is 21.7 Å². The maximum absolute atomic E-state index is 6.12. The lowest BCUT2D eigenvalue weighted by atomic mass is 10.0. The summed E-state index contributed by atoms with van der Waals surface area (Å²) in [5.74, 6) is 0.394. The van der Waals surface area contributed by atoms with Gasteiger partial charge in [-0.2, -0.15) is 0 Å². The van der Waals surface area contributed by atoms with Gasteiger partial charge in [-0.3, -0.25) is 4.98 Å². The summed E-state index contributed by atoms with van der Waals surface area (Å²) in [6.45, 7) is 0. The third-order valence-corrected chi connectivity index (χ3v) is 4.88. The number of fused-ring (bicyclic) bond motifs is 1. The number of benzene rings is 2. The average Bonchev–Trinajstić information content (AvgIpc) is 3.34. The number of hydrogen-bond donors (Lipinski definition) is 1. The van der Waals surface area contributed by atoms with Crippen LogP contribution in [0.15, 0.2) is 65.4 Å². The molecule has 0 unspecified atom stereocenters. The molecule has 4 aromatic rings. The van der Waals surface area contributed by atoms with E-state index in [0.29, 0.717) is 10.9 Å². The summed E-state index contributed by atoms with van der Waals surface area (Å²) in [6, 6.07) is 13.7. The molecule has 0 amide bonds. The van der Waals surface area contributed by atoms with Crippen LogP contribution in [0, 0.1) is 0 Å². The van der Waals surface area contributed by atoms with Gasteiger partial charge in [0.2, 0.25) is 5.89 Å². The van der Waals surface area contributed by atoms with Crippen molar-refractivity contribution in [3.05, 3.63) is 82.8 Å². The highest BCUT2D eigenvalue weighted by atomic mass is 35.5. The number of hydrogen-bond acceptors (Lipinski definition) is 6. The molecule has 0 saturated heterocycles. The molecule has 0 spiro atoms. The Hall–Kier alpha value is -3.51. The van der Waals surface area contributed by atoms with E-state index in [4.69, 9.17) is 26.7 Å². The summed E-state index contributed by atoms with van der Waals surface area (Å²) < 4.78 is 5.35. The first-order valence-electron chi connectivity index (χ1n) is 8.68. The van der Waals surface area contributed by atoms with E-state index in [0.717, 1.165) is 40.1 Å². The SMILES string of the molecule is Nc1nnc(-c2ccc3c(c2)C(c2cncc(-c4cccc(Cl)c4)n2)=CC3)o1. The van der Waals surface area contributed by atoms with Gasteiger partial charge in [-0.05, 0) is 41.8 Å². The Morgan fingerprint density at radius 1 is 0.964 bits per heavy atom. The van der Waals surface area contributed by atoms with E-state index in [-0.39, 0.29) is 6.01 Å². The van der Waals surface area contributed by atoms with Crippen molar-refractivity contribution in [2.45, 2.75) is 6.42 Å². The molecule has 1 aliphatic carbocycles. The predicted molar refractivity (Wildman–Crippen MR) is 107 cm³/mol. The molecule has 0 saturated carbocycles. The Morgan fingerprint density at radius 2 is 1.86 bits per heavy atom. The van der Waals surface area contributed by atoms with Gasteiger partial charge < -0.3 is 10.2 Å². The van der Waals surface area contributed by atoms with Crippen molar-refractivity contribution < 1.29 is 4.42 Å². The smallest absolute Gasteiger partial charge is 0.313 e. The van der Waals surface area contributed by atoms with Crippen LogP contribution < -0.4 is 5.73 Å². The number of nitrogen functional groups attached to an aromatic ring is 1. The van der Waals surface area contributed by atoms with Crippen LogP contribution in [-0.4, -0.2) is 20.2 Å². The molecule has 0 fully saturated rings. The summed E-state index contributed by atoms with van der Waals surface area (Å²) >= 11 is 6.12. The van der Waals surface area contributed by atoms with Gasteiger partial charge in [0.25, 0.3) is 0 Å². The molecule has 1 aliphatic rings. The highest BCUT2D eigenvalue weighted by Crippen LogP contribution is 2.35. The minimum Gasteiger partial charge on any atom is -0.404 e. The van der Waals surface area contributed by atoms with E-state index in [1.54, 1.807) is 12.4 Å². The highest BCUT2D eigenvalue weighted by Gasteiger charge is 2.19. The summed E-state index contributed by atoms with van der Waals surface area (Å²) in [7, 11) is 0. The Kier molecular flexibility index (Phi) is 3.91. The van der Waals surface area contributed by atoms with Crippen molar-refractivity contribution in [1.82, 2.24) is 20.2 Å². The van der Waals surface area contributed by atoms with Crippen LogP contribution in [0.2, 0.25) is 5.02 Å². The van der Waals surface area contributed by atoms with E-state index in [1.165, 1.54) is 5.56 Å². The van der Waals surface area contributed by atoms with Crippen molar-refractivity contribution in [2.75, 3.05) is 5.73 Å². The van der Waals surface area contributed by atoms with Crippen LogP contribution in [-0.2, 0) is 6.42 Å². The summed E-state index contributed by atoms with van der Waals surface area (Å²) in [4.78, 5) is 9.20. The van der Waals surface area contributed by atoms with Crippen LogP contribution in [0.1, 0.15) is 16.8 Å². The lowest BCUT2D eigenvalue weighted by Crippen LogP contribution is -1.95. The van der Waals surface area contributed by atoms with Crippen molar-refractivity contribution in [3.63, 3.8) is 0 Å². The zero-order chi connectivity index (χ0) is 19.1. The number of allylic oxidation sites excluding steroid dienone is 1. The molecule has 0 atom stereocenters. The van der Waals surface area contributed by atoms with Crippen molar-refractivity contribution in [1.29, 1.82) is 0 Å². The number of nitrogens with two attached hydrogens (primary N) is 1. The lowest BCUT2D eigenvalue weighted by Gasteiger charge is -2.09. The molecule has 2 aromatic heterocycles. The Bertz CT molecular complexity index is 1230. The molecule has 28 heavy (non-hydrogen) atoms. The fourth-order valence-electron chi connectivity index (χ4n) is 3.34. The standard InChI is InChI=1S/C21H14ClN5O/c22-15-3-1-2-13(8-15)18-10-24-11-19(25-18)16-7-6-12-4-5-14(9-17(12)16)20-26-27-21(23)28-20/h1-5,7-11H,6H2,(H2,23,27). The molecular weight excluding hydrogens is 374 g/mol. The van der Waals surface area contributed by atoms with Gasteiger partial charge >= 0.3 is 6.01 Å². The second kappa shape index (κ2) is 6.58. The van der Waals surface area contributed by atoms with Crippen LogP contribution in [0.4, 0.5) is 6.01 Å². The van der Waals surface area contributed by atoms with E-state index >= 15 is 0 Å². The molecule has 0 aliphatic heterocycles. The second-order valence-corrected chi connectivity index (χ2v) is 6.88. The topological polar surface area (TPSA) is 90.7 Å². The number of halogens is 1. The number of anilines is 1. The Morgan fingerprint density at radius 3 is 2.68 bits per heavy atom. The zero-order valence-electron chi connectivity index (χ0n) is 14.6. The average molecular weight is 388 g/mol. The molecule has 0 radical (unpaired) electrons. The zero-order valence-corrected chi connectivity index (χ0v) is 15.4. The maximum atomic E-state index is 6.12. The molecule has 2 aromatic carbocycles. The molecule has 6 nitrogen and oxygen atoms in total. The molecule has 0 bridgehead atoms. The van der Waals surface area contributed by atoms with Gasteiger partial charge in [0.1, 0.15) is 0 Å². The lowest BCUT2D eigenvalue weighted by molar-refractivity contribution is 0.590. The largest absolute Gasteiger partial charge is 0.404 e. The summed E-state index contributed by atoms with van der Waals surface area (Å²) in [5.41, 5.74) is 12.2. The third kappa shape index (κ3) is 2.93. The van der Waals surface area contributed by atoms with Crippen LogP contribution in [0.5, 0.6) is 0 Å². The summed E-state index contributed by atoms with van der Waals surface area (Å²) in [5, 5.41) is 8.36. The first kappa shape index (κ1) is 16.6. The van der Waals surface area contributed by atoms with Crippen molar-refractivity contribution >= 4 is 23.2 Å². The van der Waals surface area contributed by atoms with Gasteiger partial charge in [-0.25, -0.2) is 4.98 Å². The Balaban J connectivity index is 1.55. The normalized spacial score (nSPS) is 12.7. The summed E-state index contributed by atoms with van der Waals surface area (Å²) in [6.07, 6.45) is 6.50. The van der Waals surface area contributed by atoms with E-state index in [2.05, 4.69) is 27.3 Å². The van der Waals surface area contributed by atoms with Crippen molar-refractivity contribution in [3.8, 4) is 22.7 Å². The van der Waals surface area contributed by atoms with Gasteiger partial charge in [-0.1, -0.05) is 41.0 Å². The first-order chi connectivity index (χ1) is 13.7. The Labute approximate surface area is 165 Å². The van der Waals surface area contributed by atoms with Crippen molar-refractivity contribution in [2.24, 2.45) is 0 Å². The minimum atomic E-state index is 0.0475. The monoisotopic (exact) mass is 387 g/mol. The maximum Gasteiger partial charge on any atom is 0.313 e. The minimum absolute atomic E-state index is 0.0475. The van der Waals surface area contributed by atoms with E-state index in [9.17, 15) is 0 Å². The van der Waals surface area contributed by atoms with E-state index in [1.807, 2.05) is 36.4 Å². The first-order valence-corrected chi connectivity index (χ1v) is 9.06. The quantitative estimate of drug-likeness (QED) is 0.559. The van der Waals surface area contributed by atoms with Crippen LogP contribution >= 0.6 is 11.6 Å². The third-order valence-electron chi connectivity index (χ3n) is 4.64. The molecule has 2 N–H and O–H groups in total. The molecule has 2 heterocycles. The highest BCUT2D eigenvalue weighted by molar-refractivity contribution is 6.30. The van der Waals surface area contributed by atoms with Crippen LogP contribution in [0.3, 0.4) is 0 Å². The molecule has 5 rings (SSSR count). The number of nitrogens with zero attached hydrogens (tertiary/aromatic N) is 4. The fourth-order valence-corrected chi connectivity index (χ4v) is 3.53. The van der Waals surface area contributed by atoms with E-state index < -0.39 is 0 Å². The number of aromatic nitrogens is 4. The number of rotatable bonds is 3. The van der Waals surface area contributed by atoms with Gasteiger partial charge in [0.05, 0.1) is 23.8 Å². The molecule has 136 valence electrons. The van der Waals surface area contributed by atoms with Gasteiger partial charge in [-0.15, -0.1) is 5.10 Å². The molecule has 7 heteroatoms. The fraction of sp³-hybridized carbons (Fsp3) is 0.0476. The predicted octanol–water partition coefficient (Wildman–Crippen LogP) is 4.42.